The summed E-state index contributed by atoms with van der Waals surface area (Å²) in [7, 11) is -0.956. The molecule has 0 spiro atoms. The Morgan fingerprint density at radius 3 is 2.60 bits per heavy atom. The zero-order valence-corrected chi connectivity index (χ0v) is 13.2. The smallest absolute Gasteiger partial charge is 0.191 e. The summed E-state index contributed by atoms with van der Waals surface area (Å²) in [5.74, 6) is 1.40. The summed E-state index contributed by atoms with van der Waals surface area (Å²) in [6.07, 6.45) is 2.23. The maximum Gasteiger partial charge on any atom is 0.191 e. The van der Waals surface area contributed by atoms with E-state index in [2.05, 4.69) is 22.5 Å². The minimum absolute atomic E-state index is 0.586. The van der Waals surface area contributed by atoms with Gasteiger partial charge in [-0.1, -0.05) is 31.5 Å². The van der Waals surface area contributed by atoms with Crippen molar-refractivity contribution in [3.05, 3.63) is 30.3 Å². The van der Waals surface area contributed by atoms with Crippen molar-refractivity contribution in [1.29, 1.82) is 0 Å². The van der Waals surface area contributed by atoms with Gasteiger partial charge in [0.15, 0.2) is 5.96 Å². The molecule has 0 fully saturated rings. The Morgan fingerprint density at radius 2 is 1.95 bits per heavy atom. The van der Waals surface area contributed by atoms with E-state index in [4.69, 9.17) is 0 Å². The molecule has 0 bridgehead atoms. The summed E-state index contributed by atoms with van der Waals surface area (Å²) >= 11 is 0. The van der Waals surface area contributed by atoms with Crippen LogP contribution in [0.5, 0.6) is 0 Å². The topological polar surface area (TPSA) is 53.5 Å². The minimum atomic E-state index is -0.956. The Bertz CT molecular complexity index is 420. The third-order valence-electron chi connectivity index (χ3n) is 2.71. The average Bonchev–Trinajstić information content (AvgIpc) is 2.48. The Morgan fingerprint density at radius 1 is 1.20 bits per heavy atom. The molecule has 1 aromatic carbocycles. The standard InChI is InChI=1S/C15H25N3OS/c1-3-5-11-17-15(16-4-2)18-12-13-20(19)14-9-7-6-8-10-14/h6-10H,3-5,11-13H2,1-2H3,(H2,16,17,18). The van der Waals surface area contributed by atoms with E-state index < -0.39 is 10.8 Å². The zero-order chi connectivity index (χ0) is 14.6. The van der Waals surface area contributed by atoms with E-state index in [9.17, 15) is 4.21 Å². The highest BCUT2D eigenvalue weighted by atomic mass is 32.2. The molecular formula is C15H25N3OS. The first-order chi connectivity index (χ1) is 9.77. The van der Waals surface area contributed by atoms with Gasteiger partial charge >= 0.3 is 0 Å². The van der Waals surface area contributed by atoms with Gasteiger partial charge < -0.3 is 10.6 Å². The molecule has 1 aromatic rings. The summed E-state index contributed by atoms with van der Waals surface area (Å²) < 4.78 is 12.1. The second-order valence-corrected chi connectivity index (χ2v) is 5.97. The molecule has 4 nitrogen and oxygen atoms in total. The highest BCUT2D eigenvalue weighted by molar-refractivity contribution is 7.85. The van der Waals surface area contributed by atoms with Crippen molar-refractivity contribution >= 4 is 16.8 Å². The highest BCUT2D eigenvalue weighted by Gasteiger charge is 2.03. The predicted octanol–water partition coefficient (Wildman–Crippen LogP) is 2.15. The second kappa shape index (κ2) is 10.4. The van der Waals surface area contributed by atoms with Crippen LogP contribution in [0.3, 0.4) is 0 Å². The number of unbranched alkanes of at least 4 members (excludes halogenated alkanes) is 1. The normalized spacial score (nSPS) is 13.0. The van der Waals surface area contributed by atoms with Gasteiger partial charge in [0.05, 0.1) is 10.8 Å². The van der Waals surface area contributed by atoms with Crippen LogP contribution in [0.15, 0.2) is 40.2 Å². The highest BCUT2D eigenvalue weighted by Crippen LogP contribution is 2.04. The summed E-state index contributed by atoms with van der Waals surface area (Å²) in [4.78, 5) is 5.35. The number of aliphatic imine (C=N–C) groups is 1. The molecule has 0 saturated carbocycles. The average molecular weight is 295 g/mol. The summed E-state index contributed by atoms with van der Waals surface area (Å²) in [5.41, 5.74) is 0. The number of rotatable bonds is 8. The van der Waals surface area contributed by atoms with Gasteiger partial charge in [0.25, 0.3) is 0 Å². The molecule has 0 heterocycles. The molecule has 0 aliphatic carbocycles. The Hall–Kier alpha value is -1.36. The second-order valence-electron chi connectivity index (χ2n) is 4.40. The van der Waals surface area contributed by atoms with Crippen LogP contribution in [-0.4, -0.2) is 35.6 Å². The summed E-state index contributed by atoms with van der Waals surface area (Å²) in [6.45, 7) is 6.50. The lowest BCUT2D eigenvalue weighted by molar-refractivity contribution is 0.681. The van der Waals surface area contributed by atoms with E-state index in [0.717, 1.165) is 36.8 Å². The molecule has 20 heavy (non-hydrogen) atoms. The van der Waals surface area contributed by atoms with Crippen LogP contribution in [0, 0.1) is 0 Å². The molecule has 0 amide bonds. The first kappa shape index (κ1) is 16.7. The fraction of sp³-hybridized carbons (Fsp3) is 0.533. The molecule has 1 rings (SSSR count). The van der Waals surface area contributed by atoms with Gasteiger partial charge in [-0.15, -0.1) is 0 Å². The molecule has 0 aliphatic heterocycles. The van der Waals surface area contributed by atoms with Gasteiger partial charge in [0, 0.05) is 30.3 Å². The predicted molar refractivity (Wildman–Crippen MR) is 86.6 cm³/mol. The van der Waals surface area contributed by atoms with Gasteiger partial charge in [-0.3, -0.25) is 9.20 Å². The fourth-order valence-electron chi connectivity index (χ4n) is 1.64. The molecule has 0 aliphatic rings. The van der Waals surface area contributed by atoms with Gasteiger partial charge in [-0.2, -0.15) is 0 Å². The van der Waals surface area contributed by atoms with Crippen LogP contribution in [0.1, 0.15) is 26.7 Å². The van der Waals surface area contributed by atoms with Crippen molar-refractivity contribution < 1.29 is 4.21 Å². The quantitative estimate of drug-likeness (QED) is 0.439. The molecule has 1 atom stereocenters. The number of nitrogens with one attached hydrogen (secondary N) is 2. The van der Waals surface area contributed by atoms with Crippen LogP contribution in [0.2, 0.25) is 0 Å². The first-order valence-corrected chi connectivity index (χ1v) is 8.55. The monoisotopic (exact) mass is 295 g/mol. The number of nitrogens with zero attached hydrogens (tertiary/aromatic N) is 1. The Balaban J connectivity index is 2.36. The molecule has 0 radical (unpaired) electrons. The Labute approximate surface area is 124 Å². The number of guanidine groups is 1. The van der Waals surface area contributed by atoms with E-state index >= 15 is 0 Å². The molecule has 5 heteroatoms. The van der Waals surface area contributed by atoms with E-state index in [1.807, 2.05) is 37.3 Å². The molecule has 1 unspecified atom stereocenters. The minimum Gasteiger partial charge on any atom is -0.357 e. The molecule has 112 valence electrons. The van der Waals surface area contributed by atoms with Gasteiger partial charge in [-0.05, 0) is 25.5 Å². The fourth-order valence-corrected chi connectivity index (χ4v) is 2.63. The number of hydrogen-bond acceptors (Lipinski definition) is 2. The van der Waals surface area contributed by atoms with Crippen molar-refractivity contribution in [1.82, 2.24) is 10.6 Å². The summed E-state index contributed by atoms with van der Waals surface area (Å²) in [5, 5.41) is 6.42. The van der Waals surface area contributed by atoms with Crippen LogP contribution in [0.25, 0.3) is 0 Å². The van der Waals surface area contributed by atoms with Crippen LogP contribution >= 0.6 is 0 Å². The van der Waals surface area contributed by atoms with Crippen molar-refractivity contribution in [3.63, 3.8) is 0 Å². The van der Waals surface area contributed by atoms with Crippen LogP contribution in [-0.2, 0) is 10.8 Å². The van der Waals surface area contributed by atoms with E-state index in [1.54, 1.807) is 0 Å². The number of benzene rings is 1. The Kier molecular flexibility index (Phi) is 8.71. The SMILES string of the molecule is CCCCN=C(NCC)NCCS(=O)c1ccccc1. The van der Waals surface area contributed by atoms with Crippen molar-refractivity contribution in [2.75, 3.05) is 25.4 Å². The van der Waals surface area contributed by atoms with E-state index in [1.165, 1.54) is 0 Å². The summed E-state index contributed by atoms with van der Waals surface area (Å²) in [6, 6.07) is 9.56. The zero-order valence-electron chi connectivity index (χ0n) is 12.4. The lowest BCUT2D eigenvalue weighted by Gasteiger charge is -2.11. The maximum atomic E-state index is 12.1. The largest absolute Gasteiger partial charge is 0.357 e. The van der Waals surface area contributed by atoms with Crippen LogP contribution in [0.4, 0.5) is 0 Å². The molecule has 2 N–H and O–H groups in total. The maximum absolute atomic E-state index is 12.1. The van der Waals surface area contributed by atoms with Crippen LogP contribution < -0.4 is 10.6 Å². The van der Waals surface area contributed by atoms with Gasteiger partial charge in [0.2, 0.25) is 0 Å². The van der Waals surface area contributed by atoms with E-state index in [-0.39, 0.29) is 0 Å². The molecule has 0 aromatic heterocycles. The third-order valence-corrected chi connectivity index (χ3v) is 4.08. The lowest BCUT2D eigenvalue weighted by Crippen LogP contribution is -2.39. The van der Waals surface area contributed by atoms with Crippen molar-refractivity contribution in [3.8, 4) is 0 Å². The van der Waals surface area contributed by atoms with Gasteiger partial charge in [-0.25, -0.2) is 0 Å². The van der Waals surface area contributed by atoms with E-state index in [0.29, 0.717) is 12.3 Å². The van der Waals surface area contributed by atoms with Gasteiger partial charge in [0.1, 0.15) is 0 Å². The van der Waals surface area contributed by atoms with Crippen molar-refractivity contribution in [2.45, 2.75) is 31.6 Å². The van der Waals surface area contributed by atoms with Crippen molar-refractivity contribution in [2.24, 2.45) is 4.99 Å². The molecular weight excluding hydrogens is 270 g/mol. The third kappa shape index (κ3) is 6.70. The first-order valence-electron chi connectivity index (χ1n) is 7.23. The lowest BCUT2D eigenvalue weighted by atomic mass is 10.3. The number of hydrogen-bond donors (Lipinski definition) is 2. The molecule has 0 saturated heterocycles.